The van der Waals surface area contributed by atoms with Crippen molar-refractivity contribution in [1.82, 2.24) is 9.78 Å². The highest BCUT2D eigenvalue weighted by Gasteiger charge is 2.05. The van der Waals surface area contributed by atoms with Crippen molar-refractivity contribution in [3.05, 3.63) is 41.2 Å². The predicted molar refractivity (Wildman–Crippen MR) is 80.8 cm³/mol. The van der Waals surface area contributed by atoms with Gasteiger partial charge in [0.25, 0.3) is 0 Å². The highest BCUT2D eigenvalue weighted by atomic mass is 15.2. The Morgan fingerprint density at radius 3 is 2.58 bits per heavy atom. The van der Waals surface area contributed by atoms with E-state index in [9.17, 15) is 0 Å². The van der Waals surface area contributed by atoms with Crippen LogP contribution >= 0.6 is 0 Å². The molecule has 0 amide bonds. The third-order valence-corrected chi connectivity index (χ3v) is 3.29. The molecular weight excluding hydrogens is 236 g/mol. The largest absolute Gasteiger partial charge is 0.381 e. The maximum Gasteiger partial charge on any atom is 0.0643 e. The van der Waals surface area contributed by atoms with Crippen molar-refractivity contribution < 1.29 is 0 Å². The summed E-state index contributed by atoms with van der Waals surface area (Å²) in [4.78, 5) is 2.13. The van der Waals surface area contributed by atoms with Crippen LogP contribution in [0.25, 0.3) is 0 Å². The molecular formula is C15H22N4. The number of benzene rings is 1. The van der Waals surface area contributed by atoms with Gasteiger partial charge in [0.15, 0.2) is 0 Å². The Bertz CT molecular complexity index is 570. The summed E-state index contributed by atoms with van der Waals surface area (Å²) >= 11 is 0. The Labute approximate surface area is 115 Å². The number of rotatable bonds is 4. The normalized spacial score (nSPS) is 10.6. The first-order valence-electron chi connectivity index (χ1n) is 6.48. The van der Waals surface area contributed by atoms with E-state index in [1.54, 1.807) is 0 Å². The van der Waals surface area contributed by atoms with Crippen LogP contribution in [0.5, 0.6) is 0 Å². The lowest BCUT2D eigenvalue weighted by Gasteiger charge is -2.17. The Morgan fingerprint density at radius 2 is 2.00 bits per heavy atom. The zero-order valence-corrected chi connectivity index (χ0v) is 12.4. The van der Waals surface area contributed by atoms with Crippen molar-refractivity contribution in [2.24, 2.45) is 7.05 Å². The van der Waals surface area contributed by atoms with Gasteiger partial charge in [-0.1, -0.05) is 6.07 Å². The van der Waals surface area contributed by atoms with Crippen molar-refractivity contribution >= 4 is 11.4 Å². The average molecular weight is 258 g/mol. The van der Waals surface area contributed by atoms with Gasteiger partial charge in [-0.15, -0.1) is 0 Å². The van der Waals surface area contributed by atoms with Gasteiger partial charge in [-0.05, 0) is 31.5 Å². The Kier molecular flexibility index (Phi) is 3.79. The number of anilines is 2. The molecule has 0 aliphatic rings. The second-order valence-corrected chi connectivity index (χ2v) is 5.16. The van der Waals surface area contributed by atoms with Crippen LogP contribution in [0.4, 0.5) is 11.4 Å². The van der Waals surface area contributed by atoms with E-state index in [2.05, 4.69) is 60.7 Å². The average Bonchev–Trinajstić information content (AvgIpc) is 2.66. The van der Waals surface area contributed by atoms with Crippen molar-refractivity contribution in [2.75, 3.05) is 24.3 Å². The summed E-state index contributed by atoms with van der Waals surface area (Å²) in [6.07, 6.45) is 2.06. The van der Waals surface area contributed by atoms with Crippen molar-refractivity contribution in [3.8, 4) is 0 Å². The molecule has 1 N–H and O–H groups in total. The molecule has 1 aromatic carbocycles. The monoisotopic (exact) mass is 258 g/mol. The molecule has 0 atom stereocenters. The van der Waals surface area contributed by atoms with Crippen LogP contribution in [0, 0.1) is 13.8 Å². The van der Waals surface area contributed by atoms with Crippen LogP contribution in [0.15, 0.2) is 24.4 Å². The van der Waals surface area contributed by atoms with Gasteiger partial charge in [-0.25, -0.2) is 0 Å². The summed E-state index contributed by atoms with van der Waals surface area (Å²) in [5, 5.41) is 7.81. The molecule has 1 aromatic heterocycles. The first-order chi connectivity index (χ1) is 8.97. The van der Waals surface area contributed by atoms with E-state index >= 15 is 0 Å². The van der Waals surface area contributed by atoms with Crippen LogP contribution in [0.1, 0.15) is 16.8 Å². The number of nitrogens with zero attached hydrogens (tertiary/aromatic N) is 3. The lowest BCUT2D eigenvalue weighted by atomic mass is 10.1. The van der Waals surface area contributed by atoms with E-state index in [4.69, 9.17) is 0 Å². The molecule has 0 spiro atoms. The molecule has 0 aliphatic heterocycles. The molecule has 1 heterocycles. The van der Waals surface area contributed by atoms with Crippen LogP contribution < -0.4 is 10.2 Å². The summed E-state index contributed by atoms with van der Waals surface area (Å²) in [6.45, 7) is 4.97. The highest BCUT2D eigenvalue weighted by Crippen LogP contribution is 2.23. The molecule has 19 heavy (non-hydrogen) atoms. The minimum Gasteiger partial charge on any atom is -0.381 e. The number of aromatic nitrogens is 2. The minimum atomic E-state index is 0.801. The van der Waals surface area contributed by atoms with Crippen molar-refractivity contribution in [3.63, 3.8) is 0 Å². The molecule has 0 bridgehead atoms. The van der Waals surface area contributed by atoms with Gasteiger partial charge in [-0.2, -0.15) is 5.10 Å². The van der Waals surface area contributed by atoms with E-state index in [1.807, 2.05) is 18.7 Å². The molecule has 2 aromatic rings. The van der Waals surface area contributed by atoms with Gasteiger partial charge in [0.05, 0.1) is 5.69 Å². The smallest absolute Gasteiger partial charge is 0.0643 e. The van der Waals surface area contributed by atoms with Crippen LogP contribution in [0.2, 0.25) is 0 Å². The first kappa shape index (κ1) is 13.5. The number of hydrogen-bond donors (Lipinski definition) is 1. The maximum atomic E-state index is 4.35. The van der Waals surface area contributed by atoms with Gasteiger partial charge in [-0.3, -0.25) is 4.68 Å². The van der Waals surface area contributed by atoms with E-state index in [1.165, 1.54) is 16.8 Å². The molecule has 0 saturated carbocycles. The lowest BCUT2D eigenvalue weighted by molar-refractivity contribution is 0.756. The summed E-state index contributed by atoms with van der Waals surface area (Å²) < 4.78 is 1.85. The number of nitrogens with one attached hydrogen (secondary N) is 1. The van der Waals surface area contributed by atoms with E-state index in [0.29, 0.717) is 0 Å². The van der Waals surface area contributed by atoms with Gasteiger partial charge in [0, 0.05) is 50.8 Å². The van der Waals surface area contributed by atoms with E-state index < -0.39 is 0 Å². The standard InChI is InChI=1S/C15H22N4/c1-11-6-7-14(8-15(11)18(3)4)16-9-13-10-19(5)17-12(13)2/h6-8,10,16H,9H2,1-5H3. The molecule has 4 heteroatoms. The van der Waals surface area contributed by atoms with Gasteiger partial charge in [0.2, 0.25) is 0 Å². The van der Waals surface area contributed by atoms with Crippen LogP contribution in [-0.4, -0.2) is 23.9 Å². The fourth-order valence-corrected chi connectivity index (χ4v) is 2.22. The topological polar surface area (TPSA) is 33.1 Å². The summed E-state index contributed by atoms with van der Waals surface area (Å²) in [5.74, 6) is 0. The van der Waals surface area contributed by atoms with E-state index in [-0.39, 0.29) is 0 Å². The maximum absolute atomic E-state index is 4.35. The zero-order valence-electron chi connectivity index (χ0n) is 12.4. The molecule has 0 unspecified atom stereocenters. The van der Waals surface area contributed by atoms with Crippen LogP contribution in [-0.2, 0) is 13.6 Å². The molecule has 4 nitrogen and oxygen atoms in total. The highest BCUT2D eigenvalue weighted by molar-refractivity contribution is 5.61. The molecule has 0 saturated heterocycles. The summed E-state index contributed by atoms with van der Waals surface area (Å²) in [7, 11) is 6.08. The van der Waals surface area contributed by atoms with Crippen LogP contribution in [0.3, 0.4) is 0 Å². The Morgan fingerprint density at radius 1 is 1.26 bits per heavy atom. The quantitative estimate of drug-likeness (QED) is 0.915. The van der Waals surface area contributed by atoms with Gasteiger partial charge < -0.3 is 10.2 Å². The molecule has 0 aliphatic carbocycles. The third-order valence-electron chi connectivity index (χ3n) is 3.29. The van der Waals surface area contributed by atoms with Crippen molar-refractivity contribution in [2.45, 2.75) is 20.4 Å². The molecule has 0 fully saturated rings. The fourth-order valence-electron chi connectivity index (χ4n) is 2.22. The lowest BCUT2D eigenvalue weighted by Crippen LogP contribution is -2.11. The first-order valence-corrected chi connectivity index (χ1v) is 6.48. The molecule has 102 valence electrons. The fraction of sp³-hybridized carbons (Fsp3) is 0.400. The molecule has 0 radical (unpaired) electrons. The van der Waals surface area contributed by atoms with E-state index in [0.717, 1.165) is 17.9 Å². The molecule has 2 rings (SSSR count). The number of hydrogen-bond acceptors (Lipinski definition) is 3. The minimum absolute atomic E-state index is 0.801. The van der Waals surface area contributed by atoms with Gasteiger partial charge >= 0.3 is 0 Å². The van der Waals surface area contributed by atoms with Crippen molar-refractivity contribution in [1.29, 1.82) is 0 Å². The SMILES string of the molecule is Cc1ccc(NCc2cn(C)nc2C)cc1N(C)C. The Hall–Kier alpha value is -1.97. The number of aryl methyl sites for hydroxylation is 3. The summed E-state index contributed by atoms with van der Waals surface area (Å²) in [5.41, 5.74) is 5.97. The third kappa shape index (κ3) is 3.08. The van der Waals surface area contributed by atoms with Gasteiger partial charge in [0.1, 0.15) is 0 Å². The second-order valence-electron chi connectivity index (χ2n) is 5.16. The Balaban J connectivity index is 2.12. The summed E-state index contributed by atoms with van der Waals surface area (Å²) in [6, 6.07) is 6.45. The second kappa shape index (κ2) is 5.34. The predicted octanol–water partition coefficient (Wildman–Crippen LogP) is 2.72. The zero-order chi connectivity index (χ0) is 14.0.